The minimum Gasteiger partial charge on any atom is -0.319 e. The number of thiophene rings is 1. The second-order valence-corrected chi connectivity index (χ2v) is 5.20. The molecule has 1 heterocycles. The maximum absolute atomic E-state index is 13.5. The van der Waals surface area contributed by atoms with E-state index in [-0.39, 0.29) is 5.56 Å². The first-order chi connectivity index (χ1) is 8.00. The Balaban J connectivity index is 2.51. The van der Waals surface area contributed by atoms with Gasteiger partial charge >= 0.3 is 0 Å². The van der Waals surface area contributed by atoms with Crippen molar-refractivity contribution in [3.63, 3.8) is 0 Å². The molecule has 1 atom stereocenters. The predicted molar refractivity (Wildman–Crippen MR) is 64.4 cm³/mol. The van der Waals surface area contributed by atoms with Gasteiger partial charge < -0.3 is 5.73 Å². The zero-order valence-corrected chi connectivity index (χ0v) is 10.8. The number of nitrogens with two attached hydrogens (primary N) is 1. The van der Waals surface area contributed by atoms with Crippen LogP contribution in [0, 0.1) is 17.5 Å². The van der Waals surface area contributed by atoms with E-state index in [1.54, 1.807) is 11.4 Å². The highest BCUT2D eigenvalue weighted by Crippen LogP contribution is 2.33. The summed E-state index contributed by atoms with van der Waals surface area (Å²) in [5.74, 6) is -2.91. The van der Waals surface area contributed by atoms with Crippen molar-refractivity contribution in [2.24, 2.45) is 5.73 Å². The lowest BCUT2D eigenvalue weighted by Crippen LogP contribution is -2.15. The van der Waals surface area contributed by atoms with Gasteiger partial charge in [-0.1, -0.05) is 0 Å². The molecular weight excluding hydrogens is 315 g/mol. The SMILES string of the molecule is NC(c1sccc1Br)c1c(F)cc(F)cc1F. The third kappa shape index (κ3) is 2.38. The van der Waals surface area contributed by atoms with Gasteiger partial charge in [0.15, 0.2) is 0 Å². The number of hydrogen-bond acceptors (Lipinski definition) is 2. The van der Waals surface area contributed by atoms with Crippen LogP contribution in [0.4, 0.5) is 13.2 Å². The largest absolute Gasteiger partial charge is 0.319 e. The highest BCUT2D eigenvalue weighted by Gasteiger charge is 2.22. The van der Waals surface area contributed by atoms with Gasteiger partial charge in [0.1, 0.15) is 17.5 Å². The molecule has 1 unspecified atom stereocenters. The van der Waals surface area contributed by atoms with Gasteiger partial charge in [0.05, 0.1) is 6.04 Å². The molecule has 2 N–H and O–H groups in total. The normalized spacial score (nSPS) is 12.8. The fourth-order valence-electron chi connectivity index (χ4n) is 1.51. The monoisotopic (exact) mass is 321 g/mol. The van der Waals surface area contributed by atoms with Crippen LogP contribution in [0.5, 0.6) is 0 Å². The van der Waals surface area contributed by atoms with Crippen LogP contribution in [-0.4, -0.2) is 0 Å². The van der Waals surface area contributed by atoms with Gasteiger partial charge in [0.25, 0.3) is 0 Å². The van der Waals surface area contributed by atoms with Gasteiger partial charge in [-0.15, -0.1) is 11.3 Å². The van der Waals surface area contributed by atoms with Crippen molar-refractivity contribution in [1.29, 1.82) is 0 Å². The first-order valence-electron chi connectivity index (χ1n) is 4.63. The molecule has 1 nitrogen and oxygen atoms in total. The van der Waals surface area contributed by atoms with E-state index in [2.05, 4.69) is 15.9 Å². The molecule has 0 aliphatic rings. The van der Waals surface area contributed by atoms with Crippen LogP contribution in [0.1, 0.15) is 16.5 Å². The van der Waals surface area contributed by atoms with Gasteiger partial charge in [-0.25, -0.2) is 13.2 Å². The summed E-state index contributed by atoms with van der Waals surface area (Å²) in [4.78, 5) is 0.592. The number of hydrogen-bond donors (Lipinski definition) is 1. The van der Waals surface area contributed by atoms with E-state index in [0.29, 0.717) is 21.5 Å². The summed E-state index contributed by atoms with van der Waals surface area (Å²) in [6.45, 7) is 0. The first-order valence-corrected chi connectivity index (χ1v) is 6.31. The van der Waals surface area contributed by atoms with Gasteiger partial charge in [-0.2, -0.15) is 0 Å². The molecule has 0 fully saturated rings. The Bertz CT molecular complexity index is 532. The summed E-state index contributed by atoms with van der Waals surface area (Å²) in [6, 6.07) is 2.03. The van der Waals surface area contributed by atoms with Crippen molar-refractivity contribution in [3.05, 3.63) is 55.9 Å². The van der Waals surface area contributed by atoms with Crippen LogP contribution >= 0.6 is 27.3 Å². The summed E-state index contributed by atoms with van der Waals surface area (Å²) < 4.78 is 40.5. The van der Waals surface area contributed by atoms with E-state index in [1.165, 1.54) is 11.3 Å². The van der Waals surface area contributed by atoms with Crippen molar-refractivity contribution < 1.29 is 13.2 Å². The lowest BCUT2D eigenvalue weighted by Gasteiger charge is -2.13. The maximum atomic E-state index is 13.5. The van der Waals surface area contributed by atoms with E-state index >= 15 is 0 Å². The summed E-state index contributed by atoms with van der Waals surface area (Å²) in [6.07, 6.45) is 0. The highest BCUT2D eigenvalue weighted by molar-refractivity contribution is 9.10. The zero-order chi connectivity index (χ0) is 12.6. The summed E-state index contributed by atoms with van der Waals surface area (Å²) in [5, 5.41) is 1.75. The Hall–Kier alpha value is -0.850. The van der Waals surface area contributed by atoms with Crippen LogP contribution in [0.3, 0.4) is 0 Å². The van der Waals surface area contributed by atoms with Crippen molar-refractivity contribution >= 4 is 27.3 Å². The number of benzene rings is 1. The molecule has 17 heavy (non-hydrogen) atoms. The molecule has 0 radical (unpaired) electrons. The molecule has 2 rings (SSSR count). The van der Waals surface area contributed by atoms with E-state index in [0.717, 1.165) is 0 Å². The lowest BCUT2D eigenvalue weighted by atomic mass is 10.0. The van der Waals surface area contributed by atoms with Crippen molar-refractivity contribution in [2.75, 3.05) is 0 Å². The third-order valence-corrected chi connectivity index (χ3v) is 4.24. The molecule has 0 amide bonds. The molecule has 0 aliphatic carbocycles. The Morgan fingerprint density at radius 3 is 2.24 bits per heavy atom. The standard InChI is InChI=1S/C11H7BrF3NS/c12-6-1-2-17-11(6)10(16)9-7(14)3-5(13)4-8(9)15/h1-4,10H,16H2. The molecule has 0 aliphatic heterocycles. The molecule has 0 spiro atoms. The van der Waals surface area contributed by atoms with Crippen LogP contribution in [0.2, 0.25) is 0 Å². The van der Waals surface area contributed by atoms with E-state index < -0.39 is 23.5 Å². The molecule has 0 saturated carbocycles. The van der Waals surface area contributed by atoms with Gasteiger partial charge in [0, 0.05) is 27.0 Å². The smallest absolute Gasteiger partial charge is 0.134 e. The predicted octanol–water partition coefficient (Wildman–Crippen LogP) is 3.98. The number of halogens is 4. The Morgan fingerprint density at radius 2 is 1.76 bits per heavy atom. The molecule has 0 bridgehead atoms. The Kier molecular flexibility index (Phi) is 3.56. The molecule has 90 valence electrons. The minimum absolute atomic E-state index is 0.324. The topological polar surface area (TPSA) is 26.0 Å². The highest BCUT2D eigenvalue weighted by atomic mass is 79.9. The Labute approximate surface area is 108 Å². The van der Waals surface area contributed by atoms with Gasteiger partial charge in [0.2, 0.25) is 0 Å². The van der Waals surface area contributed by atoms with Gasteiger partial charge in [-0.05, 0) is 27.4 Å². The quantitative estimate of drug-likeness (QED) is 0.889. The van der Waals surface area contributed by atoms with Crippen molar-refractivity contribution in [3.8, 4) is 0 Å². The van der Waals surface area contributed by atoms with E-state index in [9.17, 15) is 13.2 Å². The van der Waals surface area contributed by atoms with Crippen LogP contribution < -0.4 is 5.73 Å². The first kappa shape index (κ1) is 12.6. The number of rotatable bonds is 2. The van der Waals surface area contributed by atoms with Crippen LogP contribution in [-0.2, 0) is 0 Å². The van der Waals surface area contributed by atoms with Crippen LogP contribution in [0.15, 0.2) is 28.1 Å². The summed E-state index contributed by atoms with van der Waals surface area (Å²) in [5.41, 5.74) is 5.47. The lowest BCUT2D eigenvalue weighted by molar-refractivity contribution is 0.516. The minimum atomic E-state index is -0.977. The maximum Gasteiger partial charge on any atom is 0.134 e. The second kappa shape index (κ2) is 4.80. The molecule has 2 aromatic rings. The second-order valence-electron chi connectivity index (χ2n) is 3.39. The third-order valence-electron chi connectivity index (χ3n) is 2.28. The molecular formula is C11H7BrF3NS. The van der Waals surface area contributed by atoms with E-state index in [1.807, 2.05) is 0 Å². The molecule has 1 aromatic carbocycles. The van der Waals surface area contributed by atoms with E-state index in [4.69, 9.17) is 5.73 Å². The summed E-state index contributed by atoms with van der Waals surface area (Å²) >= 11 is 4.51. The zero-order valence-electron chi connectivity index (χ0n) is 8.38. The fourth-order valence-corrected chi connectivity index (χ4v) is 3.14. The molecule has 1 aromatic heterocycles. The summed E-state index contributed by atoms with van der Waals surface area (Å²) in [7, 11) is 0. The molecule has 0 saturated heterocycles. The van der Waals surface area contributed by atoms with Crippen molar-refractivity contribution in [1.82, 2.24) is 0 Å². The fraction of sp³-hybridized carbons (Fsp3) is 0.0909. The average Bonchev–Trinajstić information content (AvgIpc) is 2.62. The van der Waals surface area contributed by atoms with Crippen LogP contribution in [0.25, 0.3) is 0 Å². The molecule has 6 heteroatoms. The van der Waals surface area contributed by atoms with Crippen molar-refractivity contribution in [2.45, 2.75) is 6.04 Å². The average molecular weight is 322 g/mol. The Morgan fingerprint density at radius 1 is 1.18 bits per heavy atom. The van der Waals surface area contributed by atoms with Gasteiger partial charge in [-0.3, -0.25) is 0 Å².